The molecule has 2 N–H and O–H groups in total. The Balaban J connectivity index is 2.00. The first kappa shape index (κ1) is 12.6. The number of amides is 1. The number of benzene rings is 1. The lowest BCUT2D eigenvalue weighted by atomic mass is 10.0. The van der Waals surface area contributed by atoms with E-state index in [0.29, 0.717) is 19.5 Å². The Kier molecular flexibility index (Phi) is 3.94. The summed E-state index contributed by atoms with van der Waals surface area (Å²) in [5.74, 6) is -1.10. The van der Waals surface area contributed by atoms with Gasteiger partial charge in [-0.25, -0.2) is 0 Å². The molecule has 5 nitrogen and oxygen atoms in total. The molecule has 18 heavy (non-hydrogen) atoms. The molecule has 1 aromatic rings. The van der Waals surface area contributed by atoms with E-state index in [0.717, 1.165) is 5.56 Å². The second kappa shape index (κ2) is 5.64. The molecule has 0 aromatic heterocycles. The molecule has 0 spiro atoms. The number of carbonyl (C=O) groups is 2. The number of hydrogen-bond acceptors (Lipinski definition) is 3. The number of carboxylic acid groups (broad SMARTS) is 1. The van der Waals surface area contributed by atoms with Crippen molar-refractivity contribution < 1.29 is 14.7 Å². The minimum Gasteiger partial charge on any atom is -0.480 e. The van der Waals surface area contributed by atoms with Gasteiger partial charge in [0.05, 0.1) is 6.04 Å². The minimum absolute atomic E-state index is 0.132. The van der Waals surface area contributed by atoms with Crippen molar-refractivity contribution in [2.24, 2.45) is 0 Å². The zero-order valence-corrected chi connectivity index (χ0v) is 10.0. The molecule has 1 aliphatic rings. The smallest absolute Gasteiger partial charge is 0.323 e. The fourth-order valence-corrected chi connectivity index (χ4v) is 2.12. The molecule has 1 saturated heterocycles. The normalized spacial score (nSPS) is 19.9. The zero-order valence-electron chi connectivity index (χ0n) is 10.0. The lowest BCUT2D eigenvalue weighted by Gasteiger charge is -2.32. The van der Waals surface area contributed by atoms with Crippen molar-refractivity contribution in [1.29, 1.82) is 0 Å². The lowest BCUT2D eigenvalue weighted by Crippen LogP contribution is -2.56. The van der Waals surface area contributed by atoms with E-state index in [2.05, 4.69) is 5.32 Å². The fraction of sp³-hybridized carbons (Fsp3) is 0.385. The van der Waals surface area contributed by atoms with Crippen LogP contribution in [-0.2, 0) is 16.0 Å². The van der Waals surface area contributed by atoms with Crippen molar-refractivity contribution in [2.45, 2.75) is 12.5 Å². The van der Waals surface area contributed by atoms with E-state index >= 15 is 0 Å². The molecule has 2 rings (SSSR count). The summed E-state index contributed by atoms with van der Waals surface area (Å²) in [6.07, 6.45) is 0.593. The molecule has 0 aliphatic carbocycles. The van der Waals surface area contributed by atoms with Gasteiger partial charge in [0.1, 0.15) is 6.54 Å². The van der Waals surface area contributed by atoms with E-state index in [9.17, 15) is 9.59 Å². The maximum atomic E-state index is 12.1. The van der Waals surface area contributed by atoms with Gasteiger partial charge in [-0.05, 0) is 12.0 Å². The van der Waals surface area contributed by atoms with Gasteiger partial charge < -0.3 is 15.3 Å². The molecule has 1 fully saturated rings. The maximum absolute atomic E-state index is 12.1. The number of rotatable bonds is 4. The van der Waals surface area contributed by atoms with Crippen molar-refractivity contribution in [1.82, 2.24) is 10.2 Å². The molecular weight excluding hydrogens is 232 g/mol. The number of piperazine rings is 1. The van der Waals surface area contributed by atoms with Crippen LogP contribution in [0.25, 0.3) is 0 Å². The van der Waals surface area contributed by atoms with Gasteiger partial charge in [0.2, 0.25) is 5.91 Å². The highest BCUT2D eigenvalue weighted by atomic mass is 16.4. The van der Waals surface area contributed by atoms with E-state index in [-0.39, 0.29) is 18.5 Å². The van der Waals surface area contributed by atoms with Crippen molar-refractivity contribution in [2.75, 3.05) is 19.6 Å². The monoisotopic (exact) mass is 248 g/mol. The molecule has 1 amide bonds. The molecule has 0 bridgehead atoms. The van der Waals surface area contributed by atoms with Crippen molar-refractivity contribution >= 4 is 11.9 Å². The van der Waals surface area contributed by atoms with Crippen LogP contribution in [0.4, 0.5) is 0 Å². The average molecular weight is 248 g/mol. The van der Waals surface area contributed by atoms with Crippen LogP contribution >= 0.6 is 0 Å². The van der Waals surface area contributed by atoms with E-state index in [1.54, 1.807) is 0 Å². The number of carboxylic acids is 1. The zero-order chi connectivity index (χ0) is 13.0. The third-order valence-electron chi connectivity index (χ3n) is 2.99. The summed E-state index contributed by atoms with van der Waals surface area (Å²) in [5.41, 5.74) is 1.07. The van der Waals surface area contributed by atoms with E-state index in [4.69, 9.17) is 5.11 Å². The summed E-state index contributed by atoms with van der Waals surface area (Å²) in [4.78, 5) is 24.1. The maximum Gasteiger partial charge on any atom is 0.323 e. The molecule has 0 unspecified atom stereocenters. The molecule has 1 aromatic carbocycles. The Bertz CT molecular complexity index is 433. The SMILES string of the molecule is O=C(O)CN1CCN[C@H](Cc2ccccc2)C1=O. The summed E-state index contributed by atoms with van der Waals surface area (Å²) < 4.78 is 0. The molecular formula is C13H16N2O3. The first-order valence-corrected chi connectivity index (χ1v) is 5.94. The molecule has 5 heteroatoms. The molecule has 96 valence electrons. The van der Waals surface area contributed by atoms with Crippen LogP contribution in [0.15, 0.2) is 30.3 Å². The third-order valence-corrected chi connectivity index (χ3v) is 2.99. The van der Waals surface area contributed by atoms with E-state index < -0.39 is 5.97 Å². The molecule has 0 saturated carbocycles. The number of carbonyl (C=O) groups excluding carboxylic acids is 1. The van der Waals surface area contributed by atoms with Gasteiger partial charge >= 0.3 is 5.97 Å². The van der Waals surface area contributed by atoms with Crippen molar-refractivity contribution in [3.05, 3.63) is 35.9 Å². The molecule has 1 heterocycles. The van der Waals surface area contributed by atoms with Gasteiger partial charge in [-0.2, -0.15) is 0 Å². The van der Waals surface area contributed by atoms with Gasteiger partial charge in [0.15, 0.2) is 0 Å². The van der Waals surface area contributed by atoms with E-state index in [1.165, 1.54) is 4.90 Å². The summed E-state index contributed by atoms with van der Waals surface area (Å²) in [6.45, 7) is 0.874. The molecule has 1 atom stereocenters. The predicted molar refractivity (Wildman–Crippen MR) is 66.2 cm³/mol. The van der Waals surface area contributed by atoms with Crippen LogP contribution in [0.1, 0.15) is 5.56 Å². The second-order valence-electron chi connectivity index (χ2n) is 4.35. The second-order valence-corrected chi connectivity index (χ2v) is 4.35. The van der Waals surface area contributed by atoms with Gasteiger partial charge in [-0.3, -0.25) is 9.59 Å². The summed E-state index contributed by atoms with van der Waals surface area (Å²) >= 11 is 0. The third kappa shape index (κ3) is 3.07. The van der Waals surface area contributed by atoms with Crippen molar-refractivity contribution in [3.8, 4) is 0 Å². The highest BCUT2D eigenvalue weighted by Crippen LogP contribution is 2.08. The number of nitrogens with one attached hydrogen (secondary N) is 1. The van der Waals surface area contributed by atoms with Gasteiger partial charge in [-0.1, -0.05) is 30.3 Å². The summed E-state index contributed by atoms with van der Waals surface area (Å²) in [5, 5.41) is 11.9. The highest BCUT2D eigenvalue weighted by molar-refractivity contribution is 5.86. The Morgan fingerprint density at radius 3 is 2.78 bits per heavy atom. The number of nitrogens with zero attached hydrogens (tertiary/aromatic N) is 1. The number of aliphatic carboxylic acids is 1. The summed E-state index contributed by atoms with van der Waals surface area (Å²) in [7, 11) is 0. The lowest BCUT2D eigenvalue weighted by molar-refractivity contribution is -0.146. The number of hydrogen-bond donors (Lipinski definition) is 2. The van der Waals surface area contributed by atoms with Gasteiger partial charge in [-0.15, -0.1) is 0 Å². The van der Waals surface area contributed by atoms with Crippen LogP contribution in [0.2, 0.25) is 0 Å². The molecule has 1 aliphatic heterocycles. The Morgan fingerprint density at radius 2 is 2.11 bits per heavy atom. The minimum atomic E-state index is -0.969. The fourth-order valence-electron chi connectivity index (χ4n) is 2.12. The first-order chi connectivity index (χ1) is 8.66. The molecule has 0 radical (unpaired) electrons. The largest absolute Gasteiger partial charge is 0.480 e. The standard InChI is InChI=1S/C13H16N2O3/c16-12(17)9-15-7-6-14-11(13(15)18)8-10-4-2-1-3-5-10/h1-5,11,14H,6-9H2,(H,16,17)/t11-/m1/s1. The highest BCUT2D eigenvalue weighted by Gasteiger charge is 2.29. The van der Waals surface area contributed by atoms with Crippen molar-refractivity contribution in [3.63, 3.8) is 0 Å². The van der Waals surface area contributed by atoms with Crippen LogP contribution in [0, 0.1) is 0 Å². The van der Waals surface area contributed by atoms with Gasteiger partial charge in [0.25, 0.3) is 0 Å². The first-order valence-electron chi connectivity index (χ1n) is 5.94. The van der Waals surface area contributed by atoms with Gasteiger partial charge in [0, 0.05) is 13.1 Å². The Labute approximate surface area is 105 Å². The van der Waals surface area contributed by atoms with Crippen LogP contribution in [-0.4, -0.2) is 47.6 Å². The Morgan fingerprint density at radius 1 is 1.39 bits per heavy atom. The van der Waals surface area contributed by atoms with Crippen LogP contribution < -0.4 is 5.32 Å². The summed E-state index contributed by atoms with van der Waals surface area (Å²) in [6, 6.07) is 9.39. The average Bonchev–Trinajstić information content (AvgIpc) is 2.35. The predicted octanol–water partition coefficient (Wildman–Crippen LogP) is 0.114. The Hall–Kier alpha value is -1.88. The quantitative estimate of drug-likeness (QED) is 0.793. The topological polar surface area (TPSA) is 69.6 Å². The van der Waals surface area contributed by atoms with Crippen LogP contribution in [0.3, 0.4) is 0 Å². The van der Waals surface area contributed by atoms with E-state index in [1.807, 2.05) is 30.3 Å². The van der Waals surface area contributed by atoms with Crippen LogP contribution in [0.5, 0.6) is 0 Å².